The van der Waals surface area contributed by atoms with E-state index in [0.29, 0.717) is 5.56 Å². The van der Waals surface area contributed by atoms with Crippen LogP contribution in [0.2, 0.25) is 0 Å². The number of nitrogens with zero attached hydrogens (tertiary/aromatic N) is 2. The molecule has 20 heavy (non-hydrogen) atoms. The van der Waals surface area contributed by atoms with E-state index in [1.807, 2.05) is 0 Å². The van der Waals surface area contributed by atoms with Crippen molar-refractivity contribution in [2.45, 2.75) is 25.2 Å². The van der Waals surface area contributed by atoms with Crippen LogP contribution < -0.4 is 5.73 Å². The summed E-state index contributed by atoms with van der Waals surface area (Å²) in [7, 11) is -3.81. The number of hydrogen-bond acceptors (Lipinski definition) is 4. The highest BCUT2D eigenvalue weighted by atomic mass is 32.2. The molecule has 1 rings (SSSR count). The van der Waals surface area contributed by atoms with Gasteiger partial charge in [-0.3, -0.25) is 0 Å². The lowest BCUT2D eigenvalue weighted by Gasteiger charge is -2.21. The Morgan fingerprint density at radius 3 is 2.70 bits per heavy atom. The Morgan fingerprint density at radius 2 is 2.15 bits per heavy atom. The van der Waals surface area contributed by atoms with Gasteiger partial charge < -0.3 is 10.9 Å². The largest absolute Gasteiger partial charge is 0.409 e. The number of sulfonamides is 1. The predicted molar refractivity (Wildman–Crippen MR) is 73.6 cm³/mol. The molecule has 0 saturated heterocycles. The molecule has 1 aromatic carbocycles. The summed E-state index contributed by atoms with van der Waals surface area (Å²) < 4.78 is 39.3. The van der Waals surface area contributed by atoms with Crippen LogP contribution >= 0.6 is 0 Å². The maximum absolute atomic E-state index is 13.3. The molecule has 3 N–H and O–H groups in total. The van der Waals surface area contributed by atoms with Crippen molar-refractivity contribution in [3.63, 3.8) is 0 Å². The maximum atomic E-state index is 13.3. The Bertz CT molecular complexity index is 602. The molecule has 0 radical (unpaired) electrons. The van der Waals surface area contributed by atoms with Crippen molar-refractivity contribution in [1.82, 2.24) is 4.31 Å². The zero-order chi connectivity index (χ0) is 15.3. The third kappa shape index (κ3) is 3.67. The lowest BCUT2D eigenvalue weighted by molar-refractivity contribution is 0.315. The smallest absolute Gasteiger partial charge is 0.243 e. The number of rotatable bonds is 6. The highest BCUT2D eigenvalue weighted by Gasteiger charge is 2.25. The average Bonchev–Trinajstić information content (AvgIpc) is 2.41. The van der Waals surface area contributed by atoms with Crippen molar-refractivity contribution < 1.29 is 18.0 Å². The van der Waals surface area contributed by atoms with E-state index in [1.54, 1.807) is 13.8 Å². The minimum absolute atomic E-state index is 0.0602. The number of amidine groups is 1. The van der Waals surface area contributed by atoms with Crippen LogP contribution in [0.25, 0.3) is 0 Å². The Morgan fingerprint density at radius 1 is 1.50 bits per heavy atom. The van der Waals surface area contributed by atoms with E-state index in [9.17, 15) is 12.8 Å². The van der Waals surface area contributed by atoms with Crippen molar-refractivity contribution >= 4 is 15.9 Å². The SMILES string of the molecule is CCN(CCC(N)=NO)S(=O)(=O)c1cc(F)ccc1C. The summed E-state index contributed by atoms with van der Waals surface area (Å²) in [5.41, 5.74) is 5.80. The van der Waals surface area contributed by atoms with Crippen LogP contribution in [-0.2, 0) is 10.0 Å². The molecule has 0 aromatic heterocycles. The average molecular weight is 303 g/mol. The van der Waals surface area contributed by atoms with Gasteiger partial charge in [-0.1, -0.05) is 18.1 Å². The highest BCUT2D eigenvalue weighted by Crippen LogP contribution is 2.21. The molecule has 112 valence electrons. The third-order valence-corrected chi connectivity index (χ3v) is 4.98. The van der Waals surface area contributed by atoms with Crippen LogP contribution in [-0.4, -0.2) is 36.9 Å². The molecule has 8 heteroatoms. The Hall–Kier alpha value is -1.67. The van der Waals surface area contributed by atoms with Crippen molar-refractivity contribution in [1.29, 1.82) is 0 Å². The molecule has 6 nitrogen and oxygen atoms in total. The zero-order valence-corrected chi connectivity index (χ0v) is 12.2. The number of benzene rings is 1. The van der Waals surface area contributed by atoms with Crippen molar-refractivity contribution in [3.8, 4) is 0 Å². The van der Waals surface area contributed by atoms with E-state index in [-0.39, 0.29) is 30.2 Å². The molecule has 0 heterocycles. The van der Waals surface area contributed by atoms with E-state index in [0.717, 1.165) is 10.4 Å². The Labute approximate surface area is 117 Å². The van der Waals surface area contributed by atoms with Crippen LogP contribution in [0, 0.1) is 12.7 Å². The van der Waals surface area contributed by atoms with Gasteiger partial charge in [0.05, 0.1) is 4.90 Å². The van der Waals surface area contributed by atoms with Gasteiger partial charge in [-0.15, -0.1) is 0 Å². The van der Waals surface area contributed by atoms with Gasteiger partial charge in [0.1, 0.15) is 11.7 Å². The molecule has 1 aromatic rings. The fraction of sp³-hybridized carbons (Fsp3) is 0.417. The Kier molecular flexibility index (Phi) is 5.46. The number of halogens is 1. The van der Waals surface area contributed by atoms with Crippen LogP contribution in [0.5, 0.6) is 0 Å². The molecule has 0 amide bonds. The molecule has 0 spiro atoms. The van der Waals surface area contributed by atoms with Gasteiger partial charge in [0.25, 0.3) is 0 Å². The first-order chi connectivity index (χ1) is 9.32. The van der Waals surface area contributed by atoms with E-state index < -0.39 is 15.8 Å². The van der Waals surface area contributed by atoms with Gasteiger partial charge in [0, 0.05) is 19.5 Å². The molecular weight excluding hydrogens is 285 g/mol. The molecule has 0 unspecified atom stereocenters. The van der Waals surface area contributed by atoms with E-state index in [4.69, 9.17) is 10.9 Å². The first-order valence-corrected chi connectivity index (χ1v) is 7.49. The van der Waals surface area contributed by atoms with Crippen LogP contribution in [0.4, 0.5) is 4.39 Å². The summed E-state index contributed by atoms with van der Waals surface area (Å²) in [6.45, 7) is 3.53. The van der Waals surface area contributed by atoms with Gasteiger partial charge in [-0.25, -0.2) is 12.8 Å². The van der Waals surface area contributed by atoms with Crippen LogP contribution in [0.1, 0.15) is 18.9 Å². The van der Waals surface area contributed by atoms with Crippen molar-refractivity contribution in [2.75, 3.05) is 13.1 Å². The van der Waals surface area contributed by atoms with E-state index in [1.165, 1.54) is 12.1 Å². The quantitative estimate of drug-likeness (QED) is 0.358. The normalized spacial score (nSPS) is 12.9. The van der Waals surface area contributed by atoms with E-state index in [2.05, 4.69) is 5.16 Å². The molecule has 0 aliphatic heterocycles. The van der Waals surface area contributed by atoms with Gasteiger partial charge in [-0.05, 0) is 24.6 Å². The monoisotopic (exact) mass is 303 g/mol. The summed E-state index contributed by atoms with van der Waals surface area (Å²) in [6, 6.07) is 3.62. The number of aryl methyl sites for hydroxylation is 1. The topological polar surface area (TPSA) is 96.0 Å². The molecule has 0 aliphatic carbocycles. The lowest BCUT2D eigenvalue weighted by Crippen LogP contribution is -2.34. The zero-order valence-electron chi connectivity index (χ0n) is 11.4. The number of oxime groups is 1. The maximum Gasteiger partial charge on any atom is 0.243 e. The summed E-state index contributed by atoms with van der Waals surface area (Å²) in [5.74, 6) is -0.670. The standard InChI is InChI=1S/C12H18FN3O3S/c1-3-16(7-6-12(14)15-17)20(18,19)11-8-10(13)5-4-9(11)2/h4-5,8,17H,3,6-7H2,1-2H3,(H2,14,15). The van der Waals surface area contributed by atoms with Crippen LogP contribution in [0.15, 0.2) is 28.3 Å². The summed E-state index contributed by atoms with van der Waals surface area (Å²) >= 11 is 0. The minimum Gasteiger partial charge on any atom is -0.409 e. The van der Waals surface area contributed by atoms with Crippen molar-refractivity contribution in [3.05, 3.63) is 29.6 Å². The van der Waals surface area contributed by atoms with Crippen LogP contribution in [0.3, 0.4) is 0 Å². The van der Waals surface area contributed by atoms with Gasteiger partial charge >= 0.3 is 0 Å². The van der Waals surface area contributed by atoms with Gasteiger partial charge in [-0.2, -0.15) is 4.31 Å². The van der Waals surface area contributed by atoms with E-state index >= 15 is 0 Å². The molecule has 0 bridgehead atoms. The minimum atomic E-state index is -3.81. The van der Waals surface area contributed by atoms with Gasteiger partial charge in [0.2, 0.25) is 10.0 Å². The third-order valence-electron chi connectivity index (χ3n) is 2.87. The van der Waals surface area contributed by atoms with Crippen molar-refractivity contribution in [2.24, 2.45) is 10.9 Å². The fourth-order valence-electron chi connectivity index (χ4n) is 1.73. The lowest BCUT2D eigenvalue weighted by atomic mass is 10.2. The molecule has 0 aliphatic rings. The first kappa shape index (κ1) is 16.4. The predicted octanol–water partition coefficient (Wildman–Crippen LogP) is 1.28. The molecule has 0 saturated carbocycles. The molecular formula is C12H18FN3O3S. The summed E-state index contributed by atoms with van der Waals surface area (Å²) in [6.07, 6.45) is 0.0952. The van der Waals surface area contributed by atoms with Gasteiger partial charge in [0.15, 0.2) is 0 Å². The fourth-order valence-corrected chi connectivity index (χ4v) is 3.41. The highest BCUT2D eigenvalue weighted by molar-refractivity contribution is 7.89. The Balaban J connectivity index is 3.09. The molecule has 0 atom stereocenters. The summed E-state index contributed by atoms with van der Waals surface area (Å²) in [5, 5.41) is 11.3. The second-order valence-corrected chi connectivity index (χ2v) is 6.15. The second-order valence-electron chi connectivity index (χ2n) is 4.25. The second kappa shape index (κ2) is 6.67. The number of nitrogens with two attached hydrogens (primary N) is 1. The molecule has 0 fully saturated rings. The first-order valence-electron chi connectivity index (χ1n) is 6.05. The number of hydrogen-bond donors (Lipinski definition) is 2. The summed E-state index contributed by atoms with van der Waals surface area (Å²) in [4.78, 5) is -0.0705.